The minimum Gasteiger partial charge on any atom is -0.490 e. The van der Waals surface area contributed by atoms with Crippen LogP contribution in [0.25, 0.3) is 0 Å². The van der Waals surface area contributed by atoms with Gasteiger partial charge in [-0.2, -0.15) is 8.42 Å². The van der Waals surface area contributed by atoms with Gasteiger partial charge < -0.3 is 10.1 Å². The Morgan fingerprint density at radius 1 is 1.35 bits per heavy atom. The van der Waals surface area contributed by atoms with Crippen LogP contribution < -0.4 is 5.32 Å². The second-order valence-corrected chi connectivity index (χ2v) is 8.74. The second-order valence-electron chi connectivity index (χ2n) is 7.43. The van der Waals surface area contributed by atoms with Gasteiger partial charge in [-0.05, 0) is 55.9 Å². The fraction of sp³-hybridized carbons (Fsp3) is 0.667. The van der Waals surface area contributed by atoms with Gasteiger partial charge in [0.25, 0.3) is 0 Å². The summed E-state index contributed by atoms with van der Waals surface area (Å²) in [6, 6.07) is 0. The van der Waals surface area contributed by atoms with E-state index in [2.05, 4.69) is 5.32 Å². The lowest BCUT2D eigenvalue weighted by molar-refractivity contribution is -0.117. The lowest BCUT2D eigenvalue weighted by Gasteiger charge is -2.47. The fourth-order valence-corrected chi connectivity index (χ4v) is 5.06. The van der Waals surface area contributed by atoms with Crippen molar-refractivity contribution in [3.8, 4) is 0 Å². The van der Waals surface area contributed by atoms with Crippen LogP contribution in [0.5, 0.6) is 0 Å². The molecule has 0 heterocycles. The molecule has 1 amide bonds. The number of ether oxygens (including phenoxy) is 1. The summed E-state index contributed by atoms with van der Waals surface area (Å²) in [4.78, 5) is 11.1. The highest BCUT2D eigenvalue weighted by Gasteiger charge is 2.40. The molecule has 3 rings (SSSR count). The normalized spacial score (nSPS) is 25.6. The van der Waals surface area contributed by atoms with Crippen molar-refractivity contribution in [3.05, 3.63) is 22.4 Å². The lowest BCUT2D eigenvalue weighted by Crippen LogP contribution is -2.36. The maximum absolute atomic E-state index is 14.6. The van der Waals surface area contributed by atoms with Gasteiger partial charge in [-0.15, -0.1) is 0 Å². The zero-order valence-electron chi connectivity index (χ0n) is 14.7. The smallest absolute Gasteiger partial charge is 0.250 e. The van der Waals surface area contributed by atoms with Gasteiger partial charge in [-0.3, -0.25) is 4.79 Å². The molecule has 1 atom stereocenters. The van der Waals surface area contributed by atoms with Crippen molar-refractivity contribution in [2.45, 2.75) is 51.1 Å². The predicted octanol–water partition coefficient (Wildman–Crippen LogP) is 2.89. The molecule has 0 aromatic heterocycles. The summed E-state index contributed by atoms with van der Waals surface area (Å²) in [5.41, 5.74) is 0.190. The summed E-state index contributed by atoms with van der Waals surface area (Å²) < 4.78 is 43.4. The summed E-state index contributed by atoms with van der Waals surface area (Å²) in [5, 5.41) is 2.21. The third-order valence-corrected chi connectivity index (χ3v) is 6.97. The van der Waals surface area contributed by atoms with Gasteiger partial charge in [0.2, 0.25) is 16.2 Å². The Morgan fingerprint density at radius 3 is 2.50 bits per heavy atom. The number of amides is 1. The molecule has 3 aliphatic carbocycles. The molecule has 1 unspecified atom stereocenters. The first kappa shape index (κ1) is 19.4. The number of halogens is 2. The van der Waals surface area contributed by atoms with E-state index < -0.39 is 27.2 Å². The zero-order valence-corrected chi connectivity index (χ0v) is 16.3. The van der Waals surface area contributed by atoms with Crippen molar-refractivity contribution in [2.24, 2.45) is 11.3 Å². The van der Waals surface area contributed by atoms with Gasteiger partial charge in [0.05, 0.1) is 17.2 Å². The third-order valence-electron chi connectivity index (χ3n) is 5.94. The molecule has 8 heteroatoms. The second kappa shape index (κ2) is 7.72. The van der Waals surface area contributed by atoms with E-state index in [9.17, 15) is 17.6 Å². The molecule has 0 aliphatic heterocycles. The first-order valence-electron chi connectivity index (χ1n) is 8.94. The van der Waals surface area contributed by atoms with Crippen LogP contribution in [0.4, 0.5) is 4.39 Å². The maximum Gasteiger partial charge on any atom is 0.250 e. The number of carbonyl (C=O) groups is 1. The van der Waals surface area contributed by atoms with Crippen LogP contribution in [0, 0.1) is 11.3 Å². The Morgan fingerprint density at radius 2 is 2.00 bits per heavy atom. The van der Waals surface area contributed by atoms with Gasteiger partial charge in [0.15, 0.2) is 16.8 Å². The summed E-state index contributed by atoms with van der Waals surface area (Å²) in [7, 11) is -1.54. The molecule has 0 saturated heterocycles. The number of hydrogen-bond acceptors (Lipinski definition) is 4. The number of rotatable bonds is 4. The Labute approximate surface area is 159 Å². The number of hydrogen-bond donors (Lipinski definition) is 1. The highest BCUT2D eigenvalue weighted by molar-refractivity contribution is 7.73. The van der Waals surface area contributed by atoms with Crippen LogP contribution in [-0.2, 0) is 19.8 Å². The minimum absolute atomic E-state index is 0.0667. The maximum atomic E-state index is 14.6. The lowest BCUT2D eigenvalue weighted by atomic mass is 9.59. The van der Waals surface area contributed by atoms with E-state index in [1.807, 2.05) is 0 Å². The van der Waals surface area contributed by atoms with Gasteiger partial charge in [-0.25, -0.2) is 4.39 Å². The summed E-state index contributed by atoms with van der Waals surface area (Å²) >= 11 is 6.11. The minimum atomic E-state index is -2.88. The number of carbonyl (C=O) groups excluding carboxylic acids is 1. The Hall–Kier alpha value is -1.34. The number of allylic oxidation sites excluding steroid dienone is 3. The van der Waals surface area contributed by atoms with Crippen molar-refractivity contribution < 1.29 is 22.3 Å². The average Bonchev–Trinajstić information content (AvgIpc) is 2.60. The van der Waals surface area contributed by atoms with E-state index in [1.54, 1.807) is 0 Å². The monoisotopic (exact) mass is 403 g/mol. The van der Waals surface area contributed by atoms with Crippen LogP contribution >= 0.6 is 11.6 Å². The Balaban J connectivity index is 1.73. The highest BCUT2D eigenvalue weighted by atomic mass is 35.5. The first-order chi connectivity index (χ1) is 12.4. The SMILES string of the molecule is CNC(=O)C1=CC(Cl)=C(OCC2CCC3(CCC3)CC2)C(=S(=O)=O)C1F. The summed E-state index contributed by atoms with van der Waals surface area (Å²) in [6.07, 6.45) is 7.38. The predicted molar refractivity (Wildman–Crippen MR) is 98.0 cm³/mol. The van der Waals surface area contributed by atoms with E-state index in [0.717, 1.165) is 18.9 Å². The largest absolute Gasteiger partial charge is 0.490 e. The molecule has 0 aromatic rings. The molecule has 5 nitrogen and oxygen atoms in total. The molecular weight excluding hydrogens is 381 g/mol. The van der Waals surface area contributed by atoms with Gasteiger partial charge in [-0.1, -0.05) is 18.0 Å². The van der Waals surface area contributed by atoms with E-state index >= 15 is 0 Å². The molecule has 2 saturated carbocycles. The molecule has 26 heavy (non-hydrogen) atoms. The highest BCUT2D eigenvalue weighted by Crippen LogP contribution is 2.52. The number of nitrogens with one attached hydrogen (secondary N) is 1. The van der Waals surface area contributed by atoms with Gasteiger partial charge in [0, 0.05) is 7.05 Å². The van der Waals surface area contributed by atoms with Crippen LogP contribution in [0.3, 0.4) is 0 Å². The van der Waals surface area contributed by atoms with E-state index in [0.29, 0.717) is 17.9 Å². The van der Waals surface area contributed by atoms with E-state index in [4.69, 9.17) is 16.3 Å². The molecular formula is C18H23ClFNO4S. The molecule has 0 radical (unpaired) electrons. The fourth-order valence-electron chi connectivity index (χ4n) is 4.11. The molecule has 3 aliphatic rings. The molecule has 144 valence electrons. The number of alkyl halides is 1. The molecule has 0 aromatic carbocycles. The van der Waals surface area contributed by atoms with Crippen molar-refractivity contribution in [1.29, 1.82) is 0 Å². The molecule has 1 N–H and O–H groups in total. The van der Waals surface area contributed by atoms with E-state index in [-0.39, 0.29) is 16.4 Å². The van der Waals surface area contributed by atoms with Crippen LogP contribution in [0.15, 0.2) is 22.4 Å². The Bertz CT molecular complexity index is 780. The zero-order chi connectivity index (χ0) is 18.9. The van der Waals surface area contributed by atoms with Crippen molar-refractivity contribution in [3.63, 3.8) is 0 Å². The van der Waals surface area contributed by atoms with Crippen LogP contribution in [0.2, 0.25) is 0 Å². The standard InChI is InChI=1S/C18H23ClFNO4S/c1-21-17(22)12-9-13(19)15(16(14(12)20)26(23)24)25-10-11-3-7-18(8-4-11)5-2-6-18/h9,11,14H,2-8,10H2,1H3,(H,21,22). The first-order valence-corrected chi connectivity index (χ1v) is 10.4. The summed E-state index contributed by atoms with van der Waals surface area (Å²) in [5.74, 6) is -0.582. The quantitative estimate of drug-likeness (QED) is 0.732. The molecule has 1 spiro atoms. The Kier molecular flexibility index (Phi) is 5.77. The van der Waals surface area contributed by atoms with E-state index in [1.165, 1.54) is 39.2 Å². The summed E-state index contributed by atoms with van der Waals surface area (Å²) in [6.45, 7) is 0.304. The molecule has 0 bridgehead atoms. The van der Waals surface area contributed by atoms with Crippen molar-refractivity contribution in [2.75, 3.05) is 13.7 Å². The van der Waals surface area contributed by atoms with Gasteiger partial charge in [0.1, 0.15) is 0 Å². The van der Waals surface area contributed by atoms with Crippen LogP contribution in [0.1, 0.15) is 44.9 Å². The number of likely N-dealkylation sites (N-methyl/N-ethyl adjacent to an activating group) is 1. The van der Waals surface area contributed by atoms with Crippen molar-refractivity contribution in [1.82, 2.24) is 5.32 Å². The van der Waals surface area contributed by atoms with Crippen LogP contribution in [-0.4, -0.2) is 39.0 Å². The average molecular weight is 404 g/mol. The molecule has 2 fully saturated rings. The third kappa shape index (κ3) is 3.69. The van der Waals surface area contributed by atoms with Crippen molar-refractivity contribution >= 4 is 32.7 Å². The topological polar surface area (TPSA) is 72.5 Å². The van der Waals surface area contributed by atoms with Gasteiger partial charge >= 0.3 is 0 Å².